The molecule has 0 N–H and O–H groups in total. The molecule has 1 aromatic heterocycles. The second kappa shape index (κ2) is 5.31. The van der Waals surface area contributed by atoms with Crippen molar-refractivity contribution in [3.05, 3.63) is 11.5 Å². The summed E-state index contributed by atoms with van der Waals surface area (Å²) in [7, 11) is -1.86. The first kappa shape index (κ1) is 14.4. The van der Waals surface area contributed by atoms with Gasteiger partial charge in [-0.25, -0.2) is 13.4 Å². The third-order valence-electron chi connectivity index (χ3n) is 4.67. The largest absolute Gasteiger partial charge is 0.324 e. The lowest BCUT2D eigenvalue weighted by atomic mass is 9.76. The Labute approximate surface area is 125 Å². The molecule has 0 radical (unpaired) electrons. The van der Waals surface area contributed by atoms with E-state index in [0.717, 1.165) is 12.8 Å². The second-order valence-electron chi connectivity index (χ2n) is 5.91. The highest BCUT2D eigenvalue weighted by Crippen LogP contribution is 2.38. The molecule has 0 aromatic carbocycles. The molecule has 0 bridgehead atoms. The summed E-state index contributed by atoms with van der Waals surface area (Å²) >= 11 is 6.04. The van der Waals surface area contributed by atoms with E-state index in [1.165, 1.54) is 30.2 Å². The fourth-order valence-corrected chi connectivity index (χ4v) is 5.38. The van der Waals surface area contributed by atoms with Gasteiger partial charge in [-0.05, 0) is 24.7 Å². The lowest BCUT2D eigenvalue weighted by molar-refractivity contribution is 0.136. The summed E-state index contributed by atoms with van der Waals surface area (Å²) in [6.07, 6.45) is 7.33. The number of aryl methyl sites for hydroxylation is 1. The van der Waals surface area contributed by atoms with Gasteiger partial charge in [0.1, 0.15) is 5.15 Å². The monoisotopic (exact) mass is 317 g/mol. The van der Waals surface area contributed by atoms with Crippen LogP contribution in [-0.2, 0) is 17.1 Å². The molecule has 0 unspecified atom stereocenters. The number of piperidine rings is 1. The van der Waals surface area contributed by atoms with Gasteiger partial charge in [0.25, 0.3) is 10.0 Å². The fourth-order valence-electron chi connectivity index (χ4n) is 3.47. The molecule has 1 aromatic rings. The van der Waals surface area contributed by atoms with Gasteiger partial charge in [-0.1, -0.05) is 30.9 Å². The maximum atomic E-state index is 12.7. The molecule has 1 aliphatic heterocycles. The highest BCUT2D eigenvalue weighted by atomic mass is 35.5. The van der Waals surface area contributed by atoms with Gasteiger partial charge in [-0.2, -0.15) is 4.31 Å². The molecule has 0 spiro atoms. The summed E-state index contributed by atoms with van der Waals surface area (Å²) < 4.78 is 28.4. The van der Waals surface area contributed by atoms with E-state index >= 15 is 0 Å². The third-order valence-corrected chi connectivity index (χ3v) is 7.03. The second-order valence-corrected chi connectivity index (χ2v) is 8.12. The molecule has 7 heteroatoms. The van der Waals surface area contributed by atoms with Crippen LogP contribution in [0.4, 0.5) is 0 Å². The summed E-state index contributed by atoms with van der Waals surface area (Å²) in [4.78, 5) is 3.97. The van der Waals surface area contributed by atoms with Crippen LogP contribution in [0, 0.1) is 11.8 Å². The zero-order valence-electron chi connectivity index (χ0n) is 11.6. The van der Waals surface area contributed by atoms with Crippen molar-refractivity contribution in [1.82, 2.24) is 13.9 Å². The number of sulfonamides is 1. The first-order chi connectivity index (χ1) is 9.50. The maximum Gasteiger partial charge on any atom is 0.263 e. The van der Waals surface area contributed by atoms with Crippen LogP contribution >= 0.6 is 11.6 Å². The van der Waals surface area contributed by atoms with Crippen molar-refractivity contribution in [2.45, 2.75) is 37.1 Å². The van der Waals surface area contributed by atoms with E-state index in [1.807, 2.05) is 0 Å². The summed E-state index contributed by atoms with van der Waals surface area (Å²) in [5.41, 5.74) is 0. The Morgan fingerprint density at radius 3 is 2.60 bits per heavy atom. The Balaban J connectivity index is 1.83. The standard InChI is InChI=1S/C13H20ClN3O2S/c1-16-9-15-13(12(16)14)20(18,19)17-7-6-10-4-2-3-5-11(10)8-17/h9-11H,2-8H2,1H3/t10-,11+/m0/s1. The Hall–Kier alpha value is -0.590. The number of rotatable bonds is 2. The summed E-state index contributed by atoms with van der Waals surface area (Å²) in [6.45, 7) is 1.22. The third kappa shape index (κ3) is 2.38. The van der Waals surface area contributed by atoms with Crippen molar-refractivity contribution in [2.24, 2.45) is 18.9 Å². The van der Waals surface area contributed by atoms with Crippen LogP contribution in [0.2, 0.25) is 5.15 Å². The van der Waals surface area contributed by atoms with Crippen LogP contribution in [0.1, 0.15) is 32.1 Å². The average Bonchev–Trinajstić information content (AvgIpc) is 2.79. The van der Waals surface area contributed by atoms with E-state index in [4.69, 9.17) is 11.6 Å². The maximum absolute atomic E-state index is 12.7. The fraction of sp³-hybridized carbons (Fsp3) is 0.769. The molecule has 2 heterocycles. The van der Waals surface area contributed by atoms with Gasteiger partial charge in [0.2, 0.25) is 5.03 Å². The number of halogens is 1. The van der Waals surface area contributed by atoms with Crippen molar-refractivity contribution in [2.75, 3.05) is 13.1 Å². The Morgan fingerprint density at radius 1 is 1.25 bits per heavy atom. The molecule has 1 aliphatic carbocycles. The topological polar surface area (TPSA) is 55.2 Å². The smallest absolute Gasteiger partial charge is 0.263 e. The Bertz CT molecular complexity index is 599. The van der Waals surface area contributed by atoms with Gasteiger partial charge in [0.05, 0.1) is 6.33 Å². The lowest BCUT2D eigenvalue weighted by Gasteiger charge is -2.40. The molecule has 2 aliphatic rings. The summed E-state index contributed by atoms with van der Waals surface area (Å²) in [5, 5.41) is 0.187. The number of aromatic nitrogens is 2. The van der Waals surface area contributed by atoms with E-state index in [2.05, 4.69) is 4.98 Å². The number of hydrogen-bond donors (Lipinski definition) is 0. The van der Waals surface area contributed by atoms with E-state index in [9.17, 15) is 8.42 Å². The average molecular weight is 318 g/mol. The minimum absolute atomic E-state index is 0.00377. The zero-order chi connectivity index (χ0) is 14.3. The Morgan fingerprint density at radius 2 is 1.95 bits per heavy atom. The van der Waals surface area contributed by atoms with Gasteiger partial charge in [-0.3, -0.25) is 0 Å². The van der Waals surface area contributed by atoms with E-state index in [0.29, 0.717) is 24.9 Å². The normalized spacial score (nSPS) is 28.3. The molecule has 2 atom stereocenters. The first-order valence-corrected chi connectivity index (χ1v) is 8.99. The van der Waals surface area contributed by atoms with Crippen molar-refractivity contribution in [3.63, 3.8) is 0 Å². The van der Waals surface area contributed by atoms with Crippen LogP contribution in [0.15, 0.2) is 11.4 Å². The van der Waals surface area contributed by atoms with Crippen molar-refractivity contribution in [3.8, 4) is 0 Å². The van der Waals surface area contributed by atoms with E-state index in [-0.39, 0.29) is 10.2 Å². The van der Waals surface area contributed by atoms with Gasteiger partial charge in [0.15, 0.2) is 0 Å². The minimum Gasteiger partial charge on any atom is -0.324 e. The molecule has 1 saturated heterocycles. The molecule has 20 heavy (non-hydrogen) atoms. The van der Waals surface area contributed by atoms with Crippen LogP contribution in [0.5, 0.6) is 0 Å². The number of hydrogen-bond acceptors (Lipinski definition) is 3. The van der Waals surface area contributed by atoms with Gasteiger partial charge in [0, 0.05) is 20.1 Å². The molecule has 5 nitrogen and oxygen atoms in total. The van der Waals surface area contributed by atoms with Crippen molar-refractivity contribution in [1.29, 1.82) is 0 Å². The molecule has 1 saturated carbocycles. The van der Waals surface area contributed by atoms with E-state index in [1.54, 1.807) is 11.4 Å². The predicted octanol–water partition coefficient (Wildman–Crippen LogP) is 2.27. The highest BCUT2D eigenvalue weighted by Gasteiger charge is 2.38. The van der Waals surface area contributed by atoms with Crippen LogP contribution < -0.4 is 0 Å². The first-order valence-electron chi connectivity index (χ1n) is 7.17. The highest BCUT2D eigenvalue weighted by molar-refractivity contribution is 7.89. The summed E-state index contributed by atoms with van der Waals surface area (Å²) in [6, 6.07) is 0. The molecular formula is C13H20ClN3O2S. The van der Waals surface area contributed by atoms with Crippen molar-refractivity contribution >= 4 is 21.6 Å². The van der Waals surface area contributed by atoms with Gasteiger partial charge >= 0.3 is 0 Å². The van der Waals surface area contributed by atoms with E-state index < -0.39 is 10.0 Å². The SMILES string of the molecule is Cn1cnc(S(=O)(=O)N2CC[C@@H]3CCCC[C@@H]3C2)c1Cl. The molecule has 2 fully saturated rings. The zero-order valence-corrected chi connectivity index (χ0v) is 13.2. The number of imidazole rings is 1. The quantitative estimate of drug-likeness (QED) is 0.841. The van der Waals surface area contributed by atoms with Gasteiger partial charge < -0.3 is 4.57 Å². The lowest BCUT2D eigenvalue weighted by Crippen LogP contribution is -2.44. The number of nitrogens with zero attached hydrogens (tertiary/aromatic N) is 3. The molecule has 0 amide bonds. The number of fused-ring (bicyclic) bond motifs is 1. The van der Waals surface area contributed by atoms with Crippen LogP contribution in [0.25, 0.3) is 0 Å². The predicted molar refractivity (Wildman–Crippen MR) is 77.0 cm³/mol. The molecule has 3 rings (SSSR count). The van der Waals surface area contributed by atoms with Crippen molar-refractivity contribution < 1.29 is 8.42 Å². The molecular weight excluding hydrogens is 298 g/mol. The van der Waals surface area contributed by atoms with Crippen LogP contribution in [-0.4, -0.2) is 35.4 Å². The summed E-state index contributed by atoms with van der Waals surface area (Å²) in [5.74, 6) is 1.21. The Kier molecular flexibility index (Phi) is 3.81. The van der Waals surface area contributed by atoms with Gasteiger partial charge in [-0.15, -0.1) is 0 Å². The van der Waals surface area contributed by atoms with Crippen LogP contribution in [0.3, 0.4) is 0 Å². The minimum atomic E-state index is -3.55. The molecule has 112 valence electrons.